The first-order chi connectivity index (χ1) is 12.6. The van der Waals surface area contributed by atoms with Crippen LogP contribution in [0.1, 0.15) is 6.42 Å². The van der Waals surface area contributed by atoms with Gasteiger partial charge in [-0.1, -0.05) is 11.6 Å². The maximum Gasteiger partial charge on any atom is 0.353 e. The molecule has 0 aliphatic heterocycles. The number of aryl methyl sites for hydroxylation is 1. The molecule has 0 fully saturated rings. The smallest absolute Gasteiger partial charge is 0.353 e. The molecule has 0 radical (unpaired) electrons. The van der Waals surface area contributed by atoms with Gasteiger partial charge in [-0.25, -0.2) is 19.9 Å². The van der Waals surface area contributed by atoms with Crippen LogP contribution in [-0.4, -0.2) is 36.0 Å². The molecule has 10 nitrogen and oxygen atoms in total. The zero-order valence-corrected chi connectivity index (χ0v) is 14.3. The Morgan fingerprint density at radius 3 is 2.81 bits per heavy atom. The SMILES string of the molecule is O=[N+]([O-])c1c(NCCCn2ccnc2)ncnc1Nc1cccnc1Cl. The molecule has 0 aliphatic carbocycles. The number of hydrogen-bond acceptors (Lipinski definition) is 8. The van der Waals surface area contributed by atoms with E-state index in [-0.39, 0.29) is 22.5 Å². The van der Waals surface area contributed by atoms with Gasteiger partial charge in [0.2, 0.25) is 11.6 Å². The third kappa shape index (κ3) is 4.22. The molecule has 2 N–H and O–H groups in total. The van der Waals surface area contributed by atoms with Crippen LogP contribution in [0, 0.1) is 10.1 Å². The quantitative estimate of drug-likeness (QED) is 0.267. The summed E-state index contributed by atoms with van der Waals surface area (Å²) in [5, 5.41) is 17.5. The Morgan fingerprint density at radius 2 is 2.08 bits per heavy atom. The molecule has 134 valence electrons. The Morgan fingerprint density at radius 1 is 1.23 bits per heavy atom. The van der Waals surface area contributed by atoms with E-state index in [2.05, 4.69) is 30.6 Å². The van der Waals surface area contributed by atoms with E-state index < -0.39 is 4.92 Å². The van der Waals surface area contributed by atoms with E-state index in [1.807, 2.05) is 10.8 Å². The molecule has 0 bridgehead atoms. The molecule has 3 aromatic rings. The minimum absolute atomic E-state index is 0.0389. The van der Waals surface area contributed by atoms with Gasteiger partial charge in [-0.2, -0.15) is 0 Å². The van der Waals surface area contributed by atoms with Crippen molar-refractivity contribution in [3.05, 3.63) is 58.6 Å². The number of halogens is 1. The minimum Gasteiger partial charge on any atom is -0.364 e. The fourth-order valence-electron chi connectivity index (χ4n) is 2.27. The van der Waals surface area contributed by atoms with Gasteiger partial charge in [0, 0.05) is 31.7 Å². The van der Waals surface area contributed by atoms with Crippen LogP contribution in [0.5, 0.6) is 0 Å². The average Bonchev–Trinajstić information content (AvgIpc) is 3.14. The second-order valence-electron chi connectivity index (χ2n) is 5.22. The number of nitro groups is 1. The molecule has 0 unspecified atom stereocenters. The number of anilines is 3. The number of nitrogens with one attached hydrogen (secondary N) is 2. The summed E-state index contributed by atoms with van der Waals surface area (Å²) in [6.07, 6.45) is 8.78. The third-order valence-corrected chi connectivity index (χ3v) is 3.76. The summed E-state index contributed by atoms with van der Waals surface area (Å²) < 4.78 is 1.92. The minimum atomic E-state index is -0.537. The summed E-state index contributed by atoms with van der Waals surface area (Å²) in [5.74, 6) is 0.176. The number of aromatic nitrogens is 5. The van der Waals surface area contributed by atoms with E-state index >= 15 is 0 Å². The van der Waals surface area contributed by atoms with E-state index in [0.29, 0.717) is 12.2 Å². The normalized spacial score (nSPS) is 10.5. The Hall–Kier alpha value is -3.27. The molecular formula is C15H15ClN8O2. The van der Waals surface area contributed by atoms with Gasteiger partial charge >= 0.3 is 5.69 Å². The van der Waals surface area contributed by atoms with Crippen LogP contribution in [0.15, 0.2) is 43.4 Å². The van der Waals surface area contributed by atoms with Crippen LogP contribution >= 0.6 is 11.6 Å². The van der Waals surface area contributed by atoms with E-state index in [1.54, 1.807) is 24.7 Å². The van der Waals surface area contributed by atoms with Crippen LogP contribution in [0.2, 0.25) is 5.15 Å². The van der Waals surface area contributed by atoms with Crippen molar-refractivity contribution in [3.63, 3.8) is 0 Å². The number of pyridine rings is 1. The molecule has 0 amide bonds. The molecule has 3 rings (SSSR count). The molecule has 3 heterocycles. The van der Waals surface area contributed by atoms with Crippen LogP contribution in [-0.2, 0) is 6.54 Å². The lowest BCUT2D eigenvalue weighted by molar-refractivity contribution is -0.383. The van der Waals surface area contributed by atoms with Crippen LogP contribution in [0.4, 0.5) is 23.0 Å². The highest BCUT2D eigenvalue weighted by atomic mass is 35.5. The van der Waals surface area contributed by atoms with E-state index in [0.717, 1.165) is 13.0 Å². The molecule has 3 aromatic heterocycles. The topological polar surface area (TPSA) is 124 Å². The number of nitrogens with zero attached hydrogens (tertiary/aromatic N) is 6. The Labute approximate surface area is 153 Å². The molecule has 11 heteroatoms. The Kier molecular flexibility index (Phi) is 5.54. The zero-order chi connectivity index (χ0) is 18.4. The van der Waals surface area contributed by atoms with Gasteiger partial charge in [0.05, 0.1) is 16.9 Å². The Balaban J connectivity index is 1.73. The van der Waals surface area contributed by atoms with Crippen molar-refractivity contribution in [2.75, 3.05) is 17.2 Å². The van der Waals surface area contributed by atoms with Gasteiger partial charge in [0.15, 0.2) is 5.15 Å². The fraction of sp³-hybridized carbons (Fsp3) is 0.200. The molecule has 0 saturated heterocycles. The lowest BCUT2D eigenvalue weighted by Gasteiger charge is -2.10. The summed E-state index contributed by atoms with van der Waals surface area (Å²) in [6.45, 7) is 1.24. The number of hydrogen-bond donors (Lipinski definition) is 2. The zero-order valence-electron chi connectivity index (χ0n) is 13.5. The van der Waals surface area contributed by atoms with Crippen molar-refractivity contribution < 1.29 is 4.92 Å². The van der Waals surface area contributed by atoms with Crippen molar-refractivity contribution in [1.29, 1.82) is 0 Å². The maximum absolute atomic E-state index is 11.5. The molecule has 0 aromatic carbocycles. The highest BCUT2D eigenvalue weighted by molar-refractivity contribution is 6.32. The molecule has 26 heavy (non-hydrogen) atoms. The van der Waals surface area contributed by atoms with Crippen molar-refractivity contribution >= 4 is 34.6 Å². The third-order valence-electron chi connectivity index (χ3n) is 3.46. The van der Waals surface area contributed by atoms with E-state index in [9.17, 15) is 10.1 Å². The number of imidazole rings is 1. The van der Waals surface area contributed by atoms with Gasteiger partial charge in [-0.05, 0) is 18.6 Å². The van der Waals surface area contributed by atoms with Crippen molar-refractivity contribution in [3.8, 4) is 0 Å². The highest BCUT2D eigenvalue weighted by Gasteiger charge is 2.23. The predicted octanol–water partition coefficient (Wildman–Crippen LogP) is 2.88. The molecule has 0 spiro atoms. The lowest BCUT2D eigenvalue weighted by Crippen LogP contribution is -2.11. The summed E-state index contributed by atoms with van der Waals surface area (Å²) in [6, 6.07) is 3.32. The van der Waals surface area contributed by atoms with E-state index in [4.69, 9.17) is 11.6 Å². The average molecular weight is 375 g/mol. The van der Waals surface area contributed by atoms with Crippen LogP contribution < -0.4 is 10.6 Å². The van der Waals surface area contributed by atoms with Crippen molar-refractivity contribution in [2.45, 2.75) is 13.0 Å². The second kappa shape index (κ2) is 8.21. The van der Waals surface area contributed by atoms with E-state index in [1.165, 1.54) is 12.5 Å². The lowest BCUT2D eigenvalue weighted by atomic mass is 10.3. The van der Waals surface area contributed by atoms with Gasteiger partial charge in [-0.15, -0.1) is 0 Å². The fourth-order valence-corrected chi connectivity index (χ4v) is 2.43. The number of rotatable bonds is 8. The summed E-state index contributed by atoms with van der Waals surface area (Å²) >= 11 is 5.99. The van der Waals surface area contributed by atoms with Gasteiger partial charge in [0.25, 0.3) is 0 Å². The second-order valence-corrected chi connectivity index (χ2v) is 5.58. The summed E-state index contributed by atoms with van der Waals surface area (Å²) in [4.78, 5) is 26.8. The van der Waals surface area contributed by atoms with Crippen LogP contribution in [0.25, 0.3) is 0 Å². The van der Waals surface area contributed by atoms with Crippen molar-refractivity contribution in [1.82, 2.24) is 24.5 Å². The predicted molar refractivity (Wildman–Crippen MR) is 96.5 cm³/mol. The first kappa shape index (κ1) is 17.5. The molecule has 0 saturated carbocycles. The first-order valence-corrected chi connectivity index (χ1v) is 8.09. The van der Waals surface area contributed by atoms with Crippen LogP contribution in [0.3, 0.4) is 0 Å². The monoisotopic (exact) mass is 374 g/mol. The summed E-state index contributed by atoms with van der Waals surface area (Å²) in [7, 11) is 0. The molecule has 0 aliphatic rings. The van der Waals surface area contributed by atoms with Crippen molar-refractivity contribution in [2.24, 2.45) is 0 Å². The highest BCUT2D eigenvalue weighted by Crippen LogP contribution is 2.32. The first-order valence-electron chi connectivity index (χ1n) is 7.71. The van der Waals surface area contributed by atoms with Gasteiger partial charge in [0.1, 0.15) is 6.33 Å². The summed E-state index contributed by atoms with van der Waals surface area (Å²) in [5.41, 5.74) is 0.164. The largest absolute Gasteiger partial charge is 0.364 e. The molecular weight excluding hydrogens is 360 g/mol. The standard InChI is InChI=1S/C15H15ClN8O2/c16-13-11(3-1-4-18-13)22-15-12(24(25)26)14(20-9-21-15)19-5-2-7-23-8-6-17-10-23/h1,3-4,6,8-10H,2,5,7H2,(H2,19,20,21,22). The maximum atomic E-state index is 11.5. The Bertz CT molecular complexity index is 887. The molecule has 0 atom stereocenters. The van der Waals surface area contributed by atoms with Gasteiger partial charge < -0.3 is 15.2 Å². The van der Waals surface area contributed by atoms with Gasteiger partial charge in [-0.3, -0.25) is 10.1 Å².